The van der Waals surface area contributed by atoms with Crippen LogP contribution < -0.4 is 10.6 Å². The predicted octanol–water partition coefficient (Wildman–Crippen LogP) is 1.61. The summed E-state index contributed by atoms with van der Waals surface area (Å²) < 4.78 is 0. The van der Waals surface area contributed by atoms with Gasteiger partial charge in [0.15, 0.2) is 11.5 Å². The minimum Gasteiger partial charge on any atom is -0.368 e. The maximum Gasteiger partial charge on any atom is 0.226 e. The fourth-order valence-electron chi connectivity index (χ4n) is 1.44. The van der Waals surface area contributed by atoms with Crippen molar-refractivity contribution in [3.63, 3.8) is 0 Å². The van der Waals surface area contributed by atoms with E-state index in [9.17, 15) is 0 Å². The van der Waals surface area contributed by atoms with E-state index in [-0.39, 0.29) is 0 Å². The summed E-state index contributed by atoms with van der Waals surface area (Å²) in [6.07, 6.45) is 2.68. The van der Waals surface area contributed by atoms with Crippen molar-refractivity contribution in [1.29, 1.82) is 0 Å². The zero-order valence-corrected chi connectivity index (χ0v) is 9.54. The number of hydrogen-bond acceptors (Lipinski definition) is 5. The van der Waals surface area contributed by atoms with Crippen molar-refractivity contribution in [2.75, 3.05) is 23.7 Å². The van der Waals surface area contributed by atoms with E-state index in [1.54, 1.807) is 6.33 Å². The average Bonchev–Trinajstić information content (AvgIpc) is 2.74. The first-order valence-corrected chi connectivity index (χ1v) is 5.54. The van der Waals surface area contributed by atoms with Gasteiger partial charge in [0.1, 0.15) is 5.52 Å². The largest absolute Gasteiger partial charge is 0.368 e. The third-order valence-electron chi connectivity index (χ3n) is 2.16. The van der Waals surface area contributed by atoms with Crippen molar-refractivity contribution in [2.24, 2.45) is 0 Å². The highest BCUT2D eigenvalue weighted by Gasteiger charge is 2.08. The van der Waals surface area contributed by atoms with E-state index in [0.717, 1.165) is 30.8 Å². The summed E-state index contributed by atoms with van der Waals surface area (Å²) in [5, 5.41) is 6.35. The number of fused-ring (bicyclic) bond motifs is 1. The smallest absolute Gasteiger partial charge is 0.226 e. The molecule has 16 heavy (non-hydrogen) atoms. The first-order valence-electron chi connectivity index (χ1n) is 5.54. The molecule has 2 aromatic rings. The monoisotopic (exact) mass is 220 g/mol. The third kappa shape index (κ3) is 2.05. The lowest BCUT2D eigenvalue weighted by molar-refractivity contribution is 0.967. The number of nitrogens with zero attached hydrogens (tertiary/aromatic N) is 3. The number of rotatable bonds is 5. The van der Waals surface area contributed by atoms with Crippen LogP contribution in [0.15, 0.2) is 6.33 Å². The molecule has 0 fully saturated rings. The SMILES string of the molecule is CCCNc1nc(NCC)nc2nc[nH]c12. The summed E-state index contributed by atoms with van der Waals surface area (Å²) in [7, 11) is 0. The molecule has 2 heterocycles. The van der Waals surface area contributed by atoms with Crippen LogP contribution in [0, 0.1) is 0 Å². The molecule has 0 unspecified atom stereocenters. The Labute approximate surface area is 93.9 Å². The van der Waals surface area contributed by atoms with Crippen molar-refractivity contribution in [2.45, 2.75) is 20.3 Å². The van der Waals surface area contributed by atoms with Crippen LogP contribution in [0.3, 0.4) is 0 Å². The minimum atomic E-state index is 0.612. The summed E-state index contributed by atoms with van der Waals surface area (Å²) in [6.45, 7) is 5.81. The van der Waals surface area contributed by atoms with Crippen LogP contribution in [0.5, 0.6) is 0 Å². The Hall–Kier alpha value is -1.85. The van der Waals surface area contributed by atoms with Gasteiger partial charge in [-0.1, -0.05) is 6.92 Å². The Morgan fingerprint density at radius 1 is 1.25 bits per heavy atom. The number of hydrogen-bond donors (Lipinski definition) is 3. The predicted molar refractivity (Wildman–Crippen MR) is 64.6 cm³/mol. The van der Waals surface area contributed by atoms with E-state index in [0.29, 0.717) is 11.6 Å². The number of aromatic amines is 1. The number of anilines is 2. The maximum absolute atomic E-state index is 4.40. The normalized spacial score (nSPS) is 10.6. The standard InChI is InChI=1S/C10H16N6/c1-3-5-12-8-7-9(14-6-13-7)16-10(15-8)11-4-2/h6H,3-5H2,1-2H3,(H3,11,12,13,14,15,16). The van der Waals surface area contributed by atoms with Crippen LogP contribution in [0.2, 0.25) is 0 Å². The number of imidazole rings is 1. The van der Waals surface area contributed by atoms with Crippen molar-refractivity contribution in [1.82, 2.24) is 19.9 Å². The highest BCUT2D eigenvalue weighted by atomic mass is 15.2. The van der Waals surface area contributed by atoms with Crippen LogP contribution in [0.25, 0.3) is 11.2 Å². The van der Waals surface area contributed by atoms with Crippen molar-refractivity contribution in [3.8, 4) is 0 Å². The van der Waals surface area contributed by atoms with E-state index < -0.39 is 0 Å². The van der Waals surface area contributed by atoms with Crippen LogP contribution in [0.4, 0.5) is 11.8 Å². The Balaban J connectivity index is 2.38. The van der Waals surface area contributed by atoms with Gasteiger partial charge in [-0.15, -0.1) is 0 Å². The molecule has 0 spiro atoms. The van der Waals surface area contributed by atoms with Gasteiger partial charge in [-0.25, -0.2) is 4.98 Å². The Morgan fingerprint density at radius 3 is 2.88 bits per heavy atom. The minimum absolute atomic E-state index is 0.612. The fourth-order valence-corrected chi connectivity index (χ4v) is 1.44. The Morgan fingerprint density at radius 2 is 2.12 bits per heavy atom. The molecule has 0 saturated carbocycles. The molecule has 0 atom stereocenters. The number of aromatic nitrogens is 4. The van der Waals surface area contributed by atoms with Crippen LogP contribution >= 0.6 is 0 Å². The summed E-state index contributed by atoms with van der Waals surface area (Å²) in [5.41, 5.74) is 1.54. The van der Waals surface area contributed by atoms with E-state index in [4.69, 9.17) is 0 Å². The molecule has 0 amide bonds. The maximum atomic E-state index is 4.40. The van der Waals surface area contributed by atoms with E-state index in [1.807, 2.05) is 6.92 Å². The first-order chi connectivity index (χ1) is 7.85. The zero-order chi connectivity index (χ0) is 11.4. The van der Waals surface area contributed by atoms with Crippen molar-refractivity contribution in [3.05, 3.63) is 6.33 Å². The fraction of sp³-hybridized carbons (Fsp3) is 0.500. The molecule has 0 aliphatic heterocycles. The Bertz CT molecular complexity index is 463. The molecule has 86 valence electrons. The molecule has 3 N–H and O–H groups in total. The van der Waals surface area contributed by atoms with Gasteiger partial charge in [0.05, 0.1) is 6.33 Å². The van der Waals surface area contributed by atoms with Gasteiger partial charge >= 0.3 is 0 Å². The van der Waals surface area contributed by atoms with Gasteiger partial charge < -0.3 is 15.6 Å². The van der Waals surface area contributed by atoms with Gasteiger partial charge in [-0.3, -0.25) is 0 Å². The average molecular weight is 220 g/mol. The molecule has 2 aromatic heterocycles. The van der Waals surface area contributed by atoms with Crippen LogP contribution in [-0.2, 0) is 0 Å². The lowest BCUT2D eigenvalue weighted by Crippen LogP contribution is -2.07. The Kier molecular flexibility index (Phi) is 3.19. The van der Waals surface area contributed by atoms with Gasteiger partial charge in [-0.2, -0.15) is 9.97 Å². The third-order valence-corrected chi connectivity index (χ3v) is 2.16. The second-order valence-electron chi connectivity index (χ2n) is 3.45. The molecule has 6 heteroatoms. The lowest BCUT2D eigenvalue weighted by Gasteiger charge is -2.07. The zero-order valence-electron chi connectivity index (χ0n) is 9.54. The molecule has 0 saturated heterocycles. The summed E-state index contributed by atoms with van der Waals surface area (Å²) in [4.78, 5) is 15.9. The van der Waals surface area contributed by atoms with Crippen LogP contribution in [-0.4, -0.2) is 33.0 Å². The molecule has 0 aliphatic rings. The van der Waals surface area contributed by atoms with E-state index in [2.05, 4.69) is 37.5 Å². The van der Waals surface area contributed by atoms with E-state index >= 15 is 0 Å². The summed E-state index contributed by atoms with van der Waals surface area (Å²) >= 11 is 0. The van der Waals surface area contributed by atoms with Crippen molar-refractivity contribution < 1.29 is 0 Å². The molecule has 0 aliphatic carbocycles. The molecular weight excluding hydrogens is 204 g/mol. The second kappa shape index (κ2) is 4.78. The highest BCUT2D eigenvalue weighted by Crippen LogP contribution is 2.18. The van der Waals surface area contributed by atoms with Gasteiger partial charge in [-0.05, 0) is 13.3 Å². The lowest BCUT2D eigenvalue weighted by atomic mass is 10.4. The summed E-state index contributed by atoms with van der Waals surface area (Å²) in [5.74, 6) is 1.42. The first kappa shape index (κ1) is 10.7. The number of nitrogens with one attached hydrogen (secondary N) is 3. The van der Waals surface area contributed by atoms with Gasteiger partial charge in [0, 0.05) is 13.1 Å². The number of H-pyrrole nitrogens is 1. The van der Waals surface area contributed by atoms with Gasteiger partial charge in [0.2, 0.25) is 5.95 Å². The topological polar surface area (TPSA) is 78.5 Å². The molecule has 0 bridgehead atoms. The van der Waals surface area contributed by atoms with E-state index in [1.165, 1.54) is 0 Å². The molecule has 2 rings (SSSR count). The van der Waals surface area contributed by atoms with Gasteiger partial charge in [0.25, 0.3) is 0 Å². The molecule has 0 radical (unpaired) electrons. The quantitative estimate of drug-likeness (QED) is 0.713. The molecular formula is C10H16N6. The highest BCUT2D eigenvalue weighted by molar-refractivity contribution is 5.83. The second-order valence-corrected chi connectivity index (χ2v) is 3.45. The molecule has 6 nitrogen and oxygen atoms in total. The van der Waals surface area contributed by atoms with Crippen molar-refractivity contribution >= 4 is 22.9 Å². The summed E-state index contributed by atoms with van der Waals surface area (Å²) in [6, 6.07) is 0. The van der Waals surface area contributed by atoms with Crippen LogP contribution in [0.1, 0.15) is 20.3 Å². The molecule has 0 aromatic carbocycles.